The molecule has 8 nitrogen and oxygen atoms in total. The first-order valence-corrected chi connectivity index (χ1v) is 8.71. The van der Waals surface area contributed by atoms with Crippen LogP contribution in [0.4, 0.5) is 11.6 Å². The van der Waals surface area contributed by atoms with Crippen molar-refractivity contribution in [3.8, 4) is 0 Å². The number of rotatable bonds is 6. The van der Waals surface area contributed by atoms with Gasteiger partial charge < -0.3 is 15.0 Å². The fraction of sp³-hybridized carbons (Fsp3) is 0.412. The van der Waals surface area contributed by atoms with Crippen molar-refractivity contribution in [3.05, 3.63) is 45.6 Å². The first kappa shape index (κ1) is 18.3. The van der Waals surface area contributed by atoms with Crippen LogP contribution in [-0.4, -0.2) is 40.6 Å². The van der Waals surface area contributed by atoms with E-state index in [2.05, 4.69) is 15.3 Å². The number of anilines is 2. The van der Waals surface area contributed by atoms with Crippen LogP contribution in [0.25, 0.3) is 0 Å². The Morgan fingerprint density at radius 1 is 1.38 bits per heavy atom. The van der Waals surface area contributed by atoms with Gasteiger partial charge in [-0.05, 0) is 25.0 Å². The van der Waals surface area contributed by atoms with E-state index in [-0.39, 0.29) is 29.8 Å². The lowest BCUT2D eigenvalue weighted by Crippen LogP contribution is -2.35. The monoisotopic (exact) mass is 377 g/mol. The van der Waals surface area contributed by atoms with Crippen molar-refractivity contribution < 1.29 is 9.53 Å². The Hall–Kier alpha value is -2.45. The maximum atomic E-state index is 12.6. The SMILES string of the molecule is COCc1cc(=O)n(CC(=O)Nc2cccnc2Cl)c(N2CCCC2)n1. The number of halogens is 1. The highest BCUT2D eigenvalue weighted by Crippen LogP contribution is 2.19. The van der Waals surface area contributed by atoms with Gasteiger partial charge in [-0.2, -0.15) is 0 Å². The lowest BCUT2D eigenvalue weighted by atomic mass is 10.4. The average Bonchev–Trinajstić information content (AvgIpc) is 3.14. The molecular formula is C17H20ClN5O3. The molecule has 1 saturated heterocycles. The number of aromatic nitrogens is 3. The van der Waals surface area contributed by atoms with Gasteiger partial charge in [-0.15, -0.1) is 0 Å². The molecule has 1 aliphatic heterocycles. The second-order valence-electron chi connectivity index (χ2n) is 5.99. The summed E-state index contributed by atoms with van der Waals surface area (Å²) in [6.07, 6.45) is 3.59. The Bertz CT molecular complexity index is 849. The van der Waals surface area contributed by atoms with E-state index in [1.807, 2.05) is 4.90 Å². The molecule has 0 saturated carbocycles. The Morgan fingerprint density at radius 3 is 2.85 bits per heavy atom. The highest BCUT2D eigenvalue weighted by Gasteiger charge is 2.21. The standard InChI is InChI=1S/C17H20ClN5O3/c1-26-11-12-9-15(25)23(17(20-12)22-7-2-3-8-22)10-14(24)21-13-5-4-6-19-16(13)18/h4-6,9H,2-3,7-8,10-11H2,1H3,(H,21,24). The Balaban J connectivity index is 1.87. The smallest absolute Gasteiger partial charge is 0.255 e. The number of methoxy groups -OCH3 is 1. The van der Waals surface area contributed by atoms with E-state index in [9.17, 15) is 9.59 Å². The molecule has 9 heteroatoms. The zero-order valence-electron chi connectivity index (χ0n) is 14.4. The minimum absolute atomic E-state index is 0.157. The number of pyridine rings is 1. The molecule has 2 aromatic rings. The Kier molecular flexibility index (Phi) is 5.85. The van der Waals surface area contributed by atoms with E-state index in [0.29, 0.717) is 17.3 Å². The van der Waals surface area contributed by atoms with Crippen LogP contribution in [0.15, 0.2) is 29.2 Å². The van der Waals surface area contributed by atoms with Crippen LogP contribution < -0.4 is 15.8 Å². The normalized spacial score (nSPS) is 13.8. The van der Waals surface area contributed by atoms with Crippen molar-refractivity contribution in [3.63, 3.8) is 0 Å². The van der Waals surface area contributed by atoms with Crippen molar-refractivity contribution in [1.82, 2.24) is 14.5 Å². The topological polar surface area (TPSA) is 89.3 Å². The zero-order chi connectivity index (χ0) is 18.5. The highest BCUT2D eigenvalue weighted by atomic mass is 35.5. The molecule has 0 spiro atoms. The second-order valence-corrected chi connectivity index (χ2v) is 6.35. The zero-order valence-corrected chi connectivity index (χ0v) is 15.2. The van der Waals surface area contributed by atoms with Gasteiger partial charge >= 0.3 is 0 Å². The summed E-state index contributed by atoms with van der Waals surface area (Å²) in [6.45, 7) is 1.70. The molecule has 26 heavy (non-hydrogen) atoms. The van der Waals surface area contributed by atoms with Crippen molar-refractivity contribution >= 4 is 29.1 Å². The Labute approximate surface area is 155 Å². The van der Waals surface area contributed by atoms with Gasteiger partial charge in [0.05, 0.1) is 18.0 Å². The predicted octanol–water partition coefficient (Wildman–Crippen LogP) is 1.68. The molecule has 0 unspecified atom stereocenters. The maximum absolute atomic E-state index is 12.6. The van der Waals surface area contributed by atoms with Gasteiger partial charge in [0, 0.05) is 32.5 Å². The van der Waals surface area contributed by atoms with E-state index >= 15 is 0 Å². The molecule has 3 rings (SSSR count). The second kappa shape index (κ2) is 8.29. The van der Waals surface area contributed by atoms with Crippen LogP contribution in [-0.2, 0) is 22.7 Å². The number of hydrogen-bond acceptors (Lipinski definition) is 6. The summed E-state index contributed by atoms with van der Waals surface area (Å²) in [7, 11) is 1.55. The summed E-state index contributed by atoms with van der Waals surface area (Å²) in [5.74, 6) is 0.123. The number of ether oxygens (including phenoxy) is 1. The van der Waals surface area contributed by atoms with Crippen LogP contribution in [0, 0.1) is 0 Å². The van der Waals surface area contributed by atoms with Crippen molar-refractivity contribution in [1.29, 1.82) is 0 Å². The van der Waals surface area contributed by atoms with Crippen LogP contribution in [0.3, 0.4) is 0 Å². The number of nitrogens with zero attached hydrogens (tertiary/aromatic N) is 4. The molecule has 1 amide bonds. The third-order valence-corrected chi connectivity index (χ3v) is 4.36. The quantitative estimate of drug-likeness (QED) is 0.770. The summed E-state index contributed by atoms with van der Waals surface area (Å²) in [6, 6.07) is 4.72. The minimum atomic E-state index is -0.372. The molecule has 0 atom stereocenters. The van der Waals surface area contributed by atoms with Crippen molar-refractivity contribution in [2.75, 3.05) is 30.4 Å². The van der Waals surface area contributed by atoms with E-state index in [0.717, 1.165) is 25.9 Å². The molecule has 0 bridgehead atoms. The van der Waals surface area contributed by atoms with Gasteiger partial charge in [0.1, 0.15) is 6.54 Å². The number of carbonyl (C=O) groups excluding carboxylic acids is 1. The molecule has 138 valence electrons. The minimum Gasteiger partial charge on any atom is -0.378 e. The van der Waals surface area contributed by atoms with Crippen LogP contribution in [0.2, 0.25) is 5.15 Å². The van der Waals surface area contributed by atoms with Gasteiger partial charge in [0.2, 0.25) is 11.9 Å². The molecule has 0 radical (unpaired) electrons. The molecule has 1 fully saturated rings. The van der Waals surface area contributed by atoms with Crippen molar-refractivity contribution in [2.24, 2.45) is 0 Å². The fourth-order valence-electron chi connectivity index (χ4n) is 2.88. The Morgan fingerprint density at radius 2 is 2.15 bits per heavy atom. The molecule has 0 aliphatic carbocycles. The number of amides is 1. The summed E-state index contributed by atoms with van der Waals surface area (Å²) < 4.78 is 6.46. The molecule has 1 N–H and O–H groups in total. The molecular weight excluding hydrogens is 358 g/mol. The molecule has 1 aliphatic rings. The van der Waals surface area contributed by atoms with Gasteiger partial charge in [0.25, 0.3) is 5.56 Å². The number of carbonyl (C=O) groups is 1. The number of nitrogens with one attached hydrogen (secondary N) is 1. The van der Waals surface area contributed by atoms with Gasteiger partial charge in [-0.25, -0.2) is 9.97 Å². The average molecular weight is 378 g/mol. The molecule has 0 aromatic carbocycles. The van der Waals surface area contributed by atoms with Gasteiger partial charge in [0.15, 0.2) is 5.15 Å². The van der Waals surface area contributed by atoms with Gasteiger partial charge in [-0.3, -0.25) is 14.2 Å². The van der Waals surface area contributed by atoms with Crippen LogP contribution in [0.1, 0.15) is 18.5 Å². The van der Waals surface area contributed by atoms with Crippen LogP contribution >= 0.6 is 11.6 Å². The van der Waals surface area contributed by atoms with Crippen molar-refractivity contribution in [2.45, 2.75) is 26.0 Å². The summed E-state index contributed by atoms with van der Waals surface area (Å²) >= 11 is 5.96. The lowest BCUT2D eigenvalue weighted by molar-refractivity contribution is -0.116. The third kappa shape index (κ3) is 4.20. The van der Waals surface area contributed by atoms with E-state index < -0.39 is 0 Å². The summed E-state index contributed by atoms with van der Waals surface area (Å²) in [4.78, 5) is 35.5. The van der Waals surface area contributed by atoms with Crippen LogP contribution in [0.5, 0.6) is 0 Å². The fourth-order valence-corrected chi connectivity index (χ4v) is 3.05. The third-order valence-electron chi connectivity index (χ3n) is 4.06. The van der Waals surface area contributed by atoms with Gasteiger partial charge in [-0.1, -0.05) is 11.6 Å². The summed E-state index contributed by atoms with van der Waals surface area (Å²) in [5.41, 5.74) is 0.659. The summed E-state index contributed by atoms with van der Waals surface area (Å²) in [5, 5.41) is 2.88. The molecule has 2 aromatic heterocycles. The first-order valence-electron chi connectivity index (χ1n) is 8.33. The molecule has 3 heterocycles. The van der Waals surface area contributed by atoms with E-state index in [4.69, 9.17) is 16.3 Å². The lowest BCUT2D eigenvalue weighted by Gasteiger charge is -2.21. The first-order chi connectivity index (χ1) is 12.6. The largest absolute Gasteiger partial charge is 0.378 e. The van der Waals surface area contributed by atoms with E-state index in [1.54, 1.807) is 19.2 Å². The number of hydrogen-bond donors (Lipinski definition) is 1. The maximum Gasteiger partial charge on any atom is 0.255 e. The van der Waals surface area contributed by atoms with E-state index in [1.165, 1.54) is 16.8 Å². The predicted molar refractivity (Wildman–Crippen MR) is 98.5 cm³/mol. The highest BCUT2D eigenvalue weighted by molar-refractivity contribution is 6.32.